The van der Waals surface area contributed by atoms with Gasteiger partial charge in [0.25, 0.3) is 12.3 Å². The Hall–Kier alpha value is -4.03. The quantitative estimate of drug-likeness (QED) is 0.352. The van der Waals surface area contributed by atoms with E-state index < -0.39 is 33.9 Å². The lowest BCUT2D eigenvalue weighted by molar-refractivity contribution is 0.0938. The third-order valence-electron chi connectivity index (χ3n) is 6.58. The summed E-state index contributed by atoms with van der Waals surface area (Å²) < 4.78 is 62.4. The molecule has 1 amide bonds. The fourth-order valence-electron chi connectivity index (χ4n) is 4.45. The van der Waals surface area contributed by atoms with Gasteiger partial charge in [-0.05, 0) is 61.4 Å². The van der Waals surface area contributed by atoms with Gasteiger partial charge < -0.3 is 14.8 Å². The van der Waals surface area contributed by atoms with Gasteiger partial charge >= 0.3 is 0 Å². The second-order valence-corrected chi connectivity index (χ2v) is 11.4. The number of fused-ring (bicyclic) bond motifs is 2. The van der Waals surface area contributed by atoms with Crippen LogP contribution >= 0.6 is 0 Å². The van der Waals surface area contributed by atoms with E-state index in [0.717, 1.165) is 5.39 Å². The fraction of sp³-hybridized carbons (Fsp3) is 0.286. The molecule has 1 aromatic carbocycles. The third kappa shape index (κ3) is 5.63. The smallest absolute Gasteiger partial charge is 0.280 e. The molecule has 4 aromatic rings. The van der Waals surface area contributed by atoms with E-state index in [4.69, 9.17) is 9.47 Å². The topological polar surface area (TPSA) is 120 Å². The number of sulfone groups is 1. The summed E-state index contributed by atoms with van der Waals surface area (Å²) in [5, 5.41) is 3.60. The maximum absolute atomic E-state index is 13.1. The van der Waals surface area contributed by atoms with Gasteiger partial charge in [-0.25, -0.2) is 27.2 Å². The monoisotopic (exact) mass is 568 g/mol. The number of ether oxygens (including phenoxy) is 2. The molecular formula is C28H26F2N4O5S. The highest BCUT2D eigenvalue weighted by Crippen LogP contribution is 2.31. The zero-order chi connectivity index (χ0) is 28.4. The van der Waals surface area contributed by atoms with Crippen LogP contribution in [0, 0.1) is 0 Å². The minimum Gasteiger partial charge on any atom is -0.480 e. The van der Waals surface area contributed by atoms with Gasteiger partial charge in [0, 0.05) is 23.8 Å². The number of rotatable bonds is 6. The standard InChI is InChI=1S/C28H26F2N4O5S/c1-16(32-27(35)17-4-5-19-15-39-10-3-11-40(36,37)25(19)12-17)23-13-24-18(14-31-23)6-8-21(33-24)20-7-9-22(26(29)30)34-28(20)38-2/h4-9,12-14,16,26H,3,10-11,15H2,1-2H3,(H,32,35)/t16-/m0/s1. The first-order valence-corrected chi connectivity index (χ1v) is 14.2. The molecule has 4 heterocycles. The number of hydrogen-bond donors (Lipinski definition) is 1. The van der Waals surface area contributed by atoms with Crippen LogP contribution in [0.2, 0.25) is 0 Å². The number of nitrogens with one attached hydrogen (secondary N) is 1. The third-order valence-corrected chi connectivity index (χ3v) is 8.46. The number of carbonyl (C=O) groups is 1. The van der Waals surface area contributed by atoms with Crippen molar-refractivity contribution in [2.24, 2.45) is 0 Å². The van der Waals surface area contributed by atoms with Crippen LogP contribution in [0.25, 0.3) is 22.2 Å². The van der Waals surface area contributed by atoms with Gasteiger partial charge in [0.15, 0.2) is 9.84 Å². The second-order valence-electron chi connectivity index (χ2n) is 9.33. The highest BCUT2D eigenvalue weighted by molar-refractivity contribution is 7.91. The van der Waals surface area contributed by atoms with Gasteiger partial charge in [0.05, 0.1) is 52.9 Å². The number of benzene rings is 1. The van der Waals surface area contributed by atoms with E-state index >= 15 is 0 Å². The molecule has 9 nitrogen and oxygen atoms in total. The Morgan fingerprint density at radius 3 is 2.67 bits per heavy atom. The number of amides is 1. The molecule has 5 rings (SSSR count). The number of aromatic nitrogens is 3. The number of methoxy groups -OCH3 is 1. The highest BCUT2D eigenvalue weighted by Gasteiger charge is 2.23. The second kappa shape index (κ2) is 11.2. The van der Waals surface area contributed by atoms with Crippen molar-refractivity contribution in [3.8, 4) is 17.1 Å². The fourth-order valence-corrected chi connectivity index (χ4v) is 6.00. The zero-order valence-corrected chi connectivity index (χ0v) is 22.5. The molecule has 12 heteroatoms. The van der Waals surface area contributed by atoms with Crippen LogP contribution in [0.4, 0.5) is 8.78 Å². The molecule has 0 saturated carbocycles. The van der Waals surface area contributed by atoms with Gasteiger partial charge in [0.1, 0.15) is 5.69 Å². The zero-order valence-electron chi connectivity index (χ0n) is 21.7. The predicted octanol–water partition coefficient (Wildman–Crippen LogP) is 4.82. The Bertz CT molecular complexity index is 1700. The van der Waals surface area contributed by atoms with Crippen molar-refractivity contribution in [3.05, 3.63) is 77.2 Å². The van der Waals surface area contributed by atoms with E-state index in [2.05, 4.69) is 20.3 Å². The first-order valence-electron chi connectivity index (χ1n) is 12.5. The average Bonchev–Trinajstić information content (AvgIpc) is 2.95. The molecule has 0 saturated heterocycles. The van der Waals surface area contributed by atoms with E-state index in [1.54, 1.807) is 43.5 Å². The van der Waals surface area contributed by atoms with Crippen LogP contribution in [0.3, 0.4) is 0 Å². The molecular weight excluding hydrogens is 542 g/mol. The van der Waals surface area contributed by atoms with E-state index in [-0.39, 0.29) is 28.7 Å². The minimum absolute atomic E-state index is 0.0320. The molecule has 0 bridgehead atoms. The highest BCUT2D eigenvalue weighted by atomic mass is 32.2. The largest absolute Gasteiger partial charge is 0.480 e. The summed E-state index contributed by atoms with van der Waals surface area (Å²) in [4.78, 5) is 26.2. The molecule has 0 fully saturated rings. The molecule has 1 atom stereocenters. The number of pyridine rings is 3. The first kappa shape index (κ1) is 27.5. The van der Waals surface area contributed by atoms with E-state index in [1.807, 2.05) is 0 Å². The number of alkyl halides is 2. The normalized spacial score (nSPS) is 15.6. The summed E-state index contributed by atoms with van der Waals surface area (Å²) >= 11 is 0. The van der Waals surface area contributed by atoms with Gasteiger partial charge in [-0.1, -0.05) is 6.07 Å². The van der Waals surface area contributed by atoms with Crippen LogP contribution in [0.15, 0.2) is 59.6 Å². The van der Waals surface area contributed by atoms with Crippen LogP contribution in [0.1, 0.15) is 53.1 Å². The lowest BCUT2D eigenvalue weighted by Crippen LogP contribution is -2.27. The number of halogens is 2. The SMILES string of the molecule is COc1nc(C(F)F)ccc1-c1ccc2cnc([C@H](C)NC(=O)c3ccc4c(c3)S(=O)(=O)CCCOC4)cc2n1. The van der Waals surface area contributed by atoms with Crippen LogP contribution in [-0.2, 0) is 21.2 Å². The molecule has 1 aliphatic heterocycles. The van der Waals surface area contributed by atoms with Gasteiger partial charge in [0.2, 0.25) is 5.88 Å². The first-order chi connectivity index (χ1) is 19.2. The molecule has 1 aliphatic rings. The van der Waals surface area contributed by atoms with Crippen LogP contribution < -0.4 is 10.1 Å². The summed E-state index contributed by atoms with van der Waals surface area (Å²) in [7, 11) is -2.18. The maximum atomic E-state index is 13.1. The lowest BCUT2D eigenvalue weighted by atomic mass is 10.1. The van der Waals surface area contributed by atoms with Gasteiger partial charge in [-0.3, -0.25) is 9.78 Å². The minimum atomic E-state index is -3.53. The summed E-state index contributed by atoms with van der Waals surface area (Å²) in [6.45, 7) is 2.29. The van der Waals surface area contributed by atoms with Crippen molar-refractivity contribution < 1.29 is 31.5 Å². The Morgan fingerprint density at radius 1 is 1.07 bits per heavy atom. The van der Waals surface area contributed by atoms with Crippen LogP contribution in [-0.4, -0.2) is 48.7 Å². The van der Waals surface area contributed by atoms with E-state index in [1.165, 1.54) is 25.3 Å². The Labute approximate surface area is 229 Å². The molecule has 0 radical (unpaired) electrons. The predicted molar refractivity (Wildman–Crippen MR) is 143 cm³/mol. The maximum Gasteiger partial charge on any atom is 0.280 e. The Kier molecular flexibility index (Phi) is 7.72. The molecule has 40 heavy (non-hydrogen) atoms. The number of carbonyl (C=O) groups excluding carboxylic acids is 1. The lowest BCUT2D eigenvalue weighted by Gasteiger charge is -2.17. The van der Waals surface area contributed by atoms with Crippen molar-refractivity contribution in [1.82, 2.24) is 20.3 Å². The average molecular weight is 569 g/mol. The van der Waals surface area contributed by atoms with E-state index in [9.17, 15) is 22.0 Å². The van der Waals surface area contributed by atoms with Crippen molar-refractivity contribution in [2.45, 2.75) is 37.3 Å². The molecule has 0 spiro atoms. The van der Waals surface area contributed by atoms with Crippen molar-refractivity contribution in [3.63, 3.8) is 0 Å². The molecule has 208 valence electrons. The summed E-state index contributed by atoms with van der Waals surface area (Å²) in [6, 6.07) is 12.0. The Balaban J connectivity index is 1.40. The molecule has 3 aromatic heterocycles. The number of hydrogen-bond acceptors (Lipinski definition) is 8. The molecule has 0 unspecified atom stereocenters. The van der Waals surface area contributed by atoms with Gasteiger partial charge in [-0.2, -0.15) is 0 Å². The van der Waals surface area contributed by atoms with E-state index in [0.29, 0.717) is 41.1 Å². The summed E-state index contributed by atoms with van der Waals surface area (Å²) in [6.07, 6.45) is -0.716. The van der Waals surface area contributed by atoms with Crippen molar-refractivity contribution in [2.75, 3.05) is 19.5 Å². The van der Waals surface area contributed by atoms with Crippen molar-refractivity contribution in [1.29, 1.82) is 0 Å². The van der Waals surface area contributed by atoms with Gasteiger partial charge in [-0.15, -0.1) is 0 Å². The van der Waals surface area contributed by atoms with Crippen molar-refractivity contribution >= 4 is 26.6 Å². The summed E-state index contributed by atoms with van der Waals surface area (Å²) in [5.41, 5.74) is 2.35. The molecule has 0 aliphatic carbocycles. The number of nitrogens with zero attached hydrogens (tertiary/aromatic N) is 3. The molecule has 1 N–H and O–H groups in total. The summed E-state index contributed by atoms with van der Waals surface area (Å²) in [5.74, 6) is -0.466. The Morgan fingerprint density at radius 2 is 1.90 bits per heavy atom. The van der Waals surface area contributed by atoms with Crippen LogP contribution in [0.5, 0.6) is 5.88 Å².